The lowest BCUT2D eigenvalue weighted by molar-refractivity contribution is 0.577. The highest BCUT2D eigenvalue weighted by Gasteiger charge is 2.20. The molecule has 2 rings (SSSR count). The summed E-state index contributed by atoms with van der Waals surface area (Å²) in [5.41, 5.74) is 1.26. The van der Waals surface area contributed by atoms with Gasteiger partial charge in [-0.05, 0) is 30.5 Å². The van der Waals surface area contributed by atoms with Crippen LogP contribution in [0.1, 0.15) is 24.8 Å². The van der Waals surface area contributed by atoms with Gasteiger partial charge in [-0.15, -0.1) is 0 Å². The summed E-state index contributed by atoms with van der Waals surface area (Å²) >= 11 is 11.7. The highest BCUT2D eigenvalue weighted by molar-refractivity contribution is 6.42. The standard InChI is InChI=1S/C10H9Cl2/c11-9-5-4-8(6-10(9)12)7-2-1-3-7/h4-6H,1-3H2. The van der Waals surface area contributed by atoms with Gasteiger partial charge in [0.1, 0.15) is 0 Å². The van der Waals surface area contributed by atoms with Crippen molar-refractivity contribution >= 4 is 23.2 Å². The lowest BCUT2D eigenvalue weighted by atomic mass is 9.80. The van der Waals surface area contributed by atoms with Crippen LogP contribution >= 0.6 is 23.2 Å². The van der Waals surface area contributed by atoms with Crippen molar-refractivity contribution in [1.82, 2.24) is 0 Å². The zero-order chi connectivity index (χ0) is 8.55. The molecule has 0 nitrogen and oxygen atoms in total. The van der Waals surface area contributed by atoms with Crippen molar-refractivity contribution in [2.45, 2.75) is 19.3 Å². The fourth-order valence-corrected chi connectivity index (χ4v) is 1.66. The maximum absolute atomic E-state index is 5.89. The molecule has 0 heterocycles. The molecular formula is C10H9Cl2. The summed E-state index contributed by atoms with van der Waals surface area (Å²) in [6, 6.07) is 5.87. The second-order valence-electron chi connectivity index (χ2n) is 3.09. The van der Waals surface area contributed by atoms with Crippen molar-refractivity contribution in [1.29, 1.82) is 0 Å². The largest absolute Gasteiger partial charge is 0.0827 e. The first-order valence-electron chi connectivity index (χ1n) is 4.07. The minimum absolute atomic E-state index is 0.639. The van der Waals surface area contributed by atoms with Crippen LogP contribution in [-0.4, -0.2) is 0 Å². The Hall–Kier alpha value is -0.200. The van der Waals surface area contributed by atoms with Crippen molar-refractivity contribution < 1.29 is 0 Å². The van der Waals surface area contributed by atoms with Crippen LogP contribution in [0.4, 0.5) is 0 Å². The normalized spacial score (nSPS) is 17.5. The van der Waals surface area contributed by atoms with Crippen LogP contribution in [0.3, 0.4) is 0 Å². The highest BCUT2D eigenvalue weighted by atomic mass is 35.5. The van der Waals surface area contributed by atoms with E-state index in [0.29, 0.717) is 10.0 Å². The summed E-state index contributed by atoms with van der Waals surface area (Å²) < 4.78 is 0. The van der Waals surface area contributed by atoms with E-state index >= 15 is 0 Å². The predicted octanol–water partition coefficient (Wildman–Crippen LogP) is 4.10. The van der Waals surface area contributed by atoms with E-state index in [9.17, 15) is 0 Å². The summed E-state index contributed by atoms with van der Waals surface area (Å²) in [6.07, 6.45) is 3.76. The van der Waals surface area contributed by atoms with E-state index in [1.165, 1.54) is 30.7 Å². The van der Waals surface area contributed by atoms with Crippen LogP contribution < -0.4 is 0 Å². The molecule has 0 bridgehead atoms. The van der Waals surface area contributed by atoms with Crippen LogP contribution in [0.15, 0.2) is 18.2 Å². The van der Waals surface area contributed by atoms with Gasteiger partial charge in [-0.3, -0.25) is 0 Å². The molecule has 0 atom stereocenters. The molecule has 0 aromatic heterocycles. The Labute approximate surface area is 82.5 Å². The van der Waals surface area contributed by atoms with Crippen molar-refractivity contribution in [3.8, 4) is 0 Å². The zero-order valence-electron chi connectivity index (χ0n) is 6.61. The molecule has 1 aromatic carbocycles. The van der Waals surface area contributed by atoms with Crippen LogP contribution in [0, 0.1) is 5.92 Å². The molecular weight excluding hydrogens is 191 g/mol. The third kappa shape index (κ3) is 1.46. The summed E-state index contributed by atoms with van der Waals surface area (Å²) in [6.45, 7) is 0. The first-order valence-corrected chi connectivity index (χ1v) is 4.83. The number of hydrogen-bond donors (Lipinski definition) is 0. The SMILES string of the molecule is Clc1ccc([C]2CCC2)cc1Cl. The second kappa shape index (κ2) is 3.27. The average Bonchev–Trinajstić information content (AvgIpc) is 1.93. The highest BCUT2D eigenvalue weighted by Crippen LogP contribution is 2.37. The molecule has 12 heavy (non-hydrogen) atoms. The van der Waals surface area contributed by atoms with E-state index in [-0.39, 0.29) is 0 Å². The maximum atomic E-state index is 5.89. The molecule has 2 heteroatoms. The molecule has 0 N–H and O–H groups in total. The van der Waals surface area contributed by atoms with Gasteiger partial charge in [-0.1, -0.05) is 35.7 Å². The topological polar surface area (TPSA) is 0 Å². The summed E-state index contributed by atoms with van der Waals surface area (Å²) in [5, 5.41) is 1.30. The van der Waals surface area contributed by atoms with Crippen molar-refractivity contribution in [2.24, 2.45) is 0 Å². The van der Waals surface area contributed by atoms with Crippen LogP contribution in [0.5, 0.6) is 0 Å². The van der Waals surface area contributed by atoms with Gasteiger partial charge >= 0.3 is 0 Å². The lowest BCUT2D eigenvalue weighted by Crippen LogP contribution is -2.09. The van der Waals surface area contributed by atoms with Gasteiger partial charge in [-0.2, -0.15) is 0 Å². The Kier molecular flexibility index (Phi) is 2.29. The molecule has 1 saturated carbocycles. The smallest absolute Gasteiger partial charge is 0.0595 e. The van der Waals surface area contributed by atoms with Gasteiger partial charge in [0.15, 0.2) is 0 Å². The van der Waals surface area contributed by atoms with Gasteiger partial charge in [-0.25, -0.2) is 0 Å². The van der Waals surface area contributed by atoms with Gasteiger partial charge in [0.05, 0.1) is 10.0 Å². The summed E-state index contributed by atoms with van der Waals surface area (Å²) in [4.78, 5) is 0. The average molecular weight is 200 g/mol. The molecule has 0 unspecified atom stereocenters. The Balaban J connectivity index is 2.27. The van der Waals surface area contributed by atoms with Crippen molar-refractivity contribution in [3.05, 3.63) is 39.7 Å². The van der Waals surface area contributed by atoms with Gasteiger partial charge in [0.2, 0.25) is 0 Å². The molecule has 0 saturated heterocycles. The van der Waals surface area contributed by atoms with E-state index in [2.05, 4.69) is 0 Å². The first kappa shape index (κ1) is 8.40. The minimum Gasteiger partial charge on any atom is -0.0827 e. The van der Waals surface area contributed by atoms with Gasteiger partial charge in [0.25, 0.3) is 0 Å². The van der Waals surface area contributed by atoms with Crippen LogP contribution in [-0.2, 0) is 0 Å². The van der Waals surface area contributed by atoms with Crippen molar-refractivity contribution in [2.75, 3.05) is 0 Å². The number of rotatable bonds is 1. The molecule has 1 aromatic rings. The maximum Gasteiger partial charge on any atom is 0.0595 e. The quantitative estimate of drug-likeness (QED) is 0.640. The molecule has 0 aliphatic heterocycles. The summed E-state index contributed by atoms with van der Waals surface area (Å²) in [7, 11) is 0. The van der Waals surface area contributed by atoms with Gasteiger partial charge in [0, 0.05) is 5.92 Å². The molecule has 0 amide bonds. The van der Waals surface area contributed by atoms with E-state index in [1.54, 1.807) is 0 Å². The minimum atomic E-state index is 0.639. The molecule has 1 fully saturated rings. The Morgan fingerprint density at radius 2 is 1.75 bits per heavy atom. The van der Waals surface area contributed by atoms with Crippen molar-refractivity contribution in [3.63, 3.8) is 0 Å². The van der Waals surface area contributed by atoms with Crippen LogP contribution in [0.25, 0.3) is 0 Å². The van der Waals surface area contributed by atoms with E-state index < -0.39 is 0 Å². The van der Waals surface area contributed by atoms with E-state index in [4.69, 9.17) is 23.2 Å². The second-order valence-corrected chi connectivity index (χ2v) is 3.90. The predicted molar refractivity (Wildman–Crippen MR) is 52.7 cm³/mol. The summed E-state index contributed by atoms with van der Waals surface area (Å²) in [5.74, 6) is 1.51. The molecule has 1 aliphatic carbocycles. The monoisotopic (exact) mass is 199 g/mol. The van der Waals surface area contributed by atoms with E-state index in [1.807, 2.05) is 18.2 Å². The Morgan fingerprint density at radius 1 is 1.00 bits per heavy atom. The lowest BCUT2D eigenvalue weighted by Gasteiger charge is -2.25. The number of benzene rings is 1. The first-order chi connectivity index (χ1) is 5.77. The Morgan fingerprint density at radius 3 is 2.25 bits per heavy atom. The fourth-order valence-electron chi connectivity index (χ4n) is 1.36. The molecule has 63 valence electrons. The van der Waals surface area contributed by atoms with Gasteiger partial charge < -0.3 is 0 Å². The third-order valence-corrected chi connectivity index (χ3v) is 3.02. The number of halogens is 2. The molecule has 1 radical (unpaired) electrons. The number of hydrogen-bond acceptors (Lipinski definition) is 0. The third-order valence-electron chi connectivity index (χ3n) is 2.28. The Bertz CT molecular complexity index is 290. The molecule has 0 spiro atoms. The fraction of sp³-hybridized carbons (Fsp3) is 0.300. The van der Waals surface area contributed by atoms with Crippen LogP contribution in [0.2, 0.25) is 10.0 Å². The zero-order valence-corrected chi connectivity index (χ0v) is 8.12. The van der Waals surface area contributed by atoms with E-state index in [0.717, 1.165) is 0 Å². The molecule has 1 aliphatic rings.